The molecule has 0 radical (unpaired) electrons. The molecule has 3 N–H and O–H groups in total. The first-order chi connectivity index (χ1) is 11.3. The second-order valence-corrected chi connectivity index (χ2v) is 7.28. The van der Waals surface area contributed by atoms with Gasteiger partial charge < -0.3 is 9.97 Å². The maximum Gasteiger partial charge on any atom is 0.323 e. The summed E-state index contributed by atoms with van der Waals surface area (Å²) in [5.41, 5.74) is 1.95. The van der Waals surface area contributed by atoms with Crippen LogP contribution in [0.3, 0.4) is 0 Å². The predicted molar refractivity (Wildman–Crippen MR) is 88.9 cm³/mol. The van der Waals surface area contributed by atoms with Gasteiger partial charge in [-0.15, -0.1) is 0 Å². The minimum absolute atomic E-state index is 0.0699. The zero-order valence-electron chi connectivity index (χ0n) is 12.9. The lowest BCUT2D eigenvalue weighted by atomic mass is 10.1. The first-order valence-electron chi connectivity index (χ1n) is 7.32. The third-order valence-corrected chi connectivity index (χ3v) is 5.18. The molecule has 0 saturated carbocycles. The summed E-state index contributed by atoms with van der Waals surface area (Å²) < 4.78 is 40.4. The lowest BCUT2D eigenvalue weighted by Gasteiger charge is -2.08. The van der Waals surface area contributed by atoms with Crippen molar-refractivity contribution in [2.75, 3.05) is 6.54 Å². The third-order valence-electron chi connectivity index (χ3n) is 3.73. The van der Waals surface area contributed by atoms with Gasteiger partial charge in [0.05, 0.1) is 15.9 Å². The summed E-state index contributed by atoms with van der Waals surface area (Å²) in [6.07, 6.45) is 0.448. The minimum atomic E-state index is -3.69. The van der Waals surface area contributed by atoms with Crippen molar-refractivity contribution in [2.24, 2.45) is 0 Å². The van der Waals surface area contributed by atoms with Crippen LogP contribution in [0.5, 0.6) is 0 Å². The Labute approximate surface area is 137 Å². The van der Waals surface area contributed by atoms with E-state index in [0.717, 1.165) is 5.56 Å². The highest BCUT2D eigenvalue weighted by Crippen LogP contribution is 2.15. The summed E-state index contributed by atoms with van der Waals surface area (Å²) in [4.78, 5) is 16.4. The molecule has 0 atom stereocenters. The number of sulfonamides is 1. The smallest absolute Gasteiger partial charge is 0.306 e. The van der Waals surface area contributed by atoms with E-state index in [4.69, 9.17) is 0 Å². The number of rotatable bonds is 5. The number of benzene rings is 2. The molecule has 0 aliphatic carbocycles. The number of imidazole rings is 1. The first kappa shape index (κ1) is 16.4. The molecule has 1 heterocycles. The molecule has 1 aromatic heterocycles. The normalized spacial score (nSPS) is 11.9. The number of aryl methyl sites for hydroxylation is 1. The van der Waals surface area contributed by atoms with E-state index < -0.39 is 10.0 Å². The van der Waals surface area contributed by atoms with E-state index in [-0.39, 0.29) is 22.9 Å². The fraction of sp³-hybridized carbons (Fsp3) is 0.188. The van der Waals surface area contributed by atoms with Crippen LogP contribution in [0.25, 0.3) is 11.0 Å². The summed E-state index contributed by atoms with van der Waals surface area (Å²) in [7, 11) is -3.69. The van der Waals surface area contributed by atoms with Gasteiger partial charge in [-0.25, -0.2) is 22.3 Å². The molecule has 0 aliphatic rings. The van der Waals surface area contributed by atoms with Gasteiger partial charge in [-0.2, -0.15) is 0 Å². The van der Waals surface area contributed by atoms with Crippen LogP contribution >= 0.6 is 0 Å². The van der Waals surface area contributed by atoms with Gasteiger partial charge in [0.2, 0.25) is 10.0 Å². The molecule has 0 aliphatic heterocycles. The standard InChI is InChI=1S/C16H16FN3O3S/c1-10-8-11(2-4-13(10)17)6-7-18-24(22,23)12-3-5-14-15(9-12)20-16(21)19-14/h2-5,8-9,18H,6-7H2,1H3,(H2,19,20,21). The van der Waals surface area contributed by atoms with Crippen LogP contribution in [-0.2, 0) is 16.4 Å². The Balaban J connectivity index is 1.72. The van der Waals surface area contributed by atoms with Gasteiger partial charge in [-0.3, -0.25) is 0 Å². The molecule has 8 heteroatoms. The van der Waals surface area contributed by atoms with Crippen molar-refractivity contribution in [3.63, 3.8) is 0 Å². The van der Waals surface area contributed by atoms with E-state index in [0.29, 0.717) is 23.0 Å². The number of fused-ring (bicyclic) bond motifs is 1. The number of nitrogens with one attached hydrogen (secondary N) is 3. The monoisotopic (exact) mass is 349 g/mol. The third kappa shape index (κ3) is 3.39. The molecule has 0 amide bonds. The number of hydrogen-bond acceptors (Lipinski definition) is 3. The van der Waals surface area contributed by atoms with Crippen molar-refractivity contribution in [1.29, 1.82) is 0 Å². The number of halogens is 1. The van der Waals surface area contributed by atoms with Crippen molar-refractivity contribution in [1.82, 2.24) is 14.7 Å². The highest BCUT2D eigenvalue weighted by atomic mass is 32.2. The molecule has 24 heavy (non-hydrogen) atoms. The van der Waals surface area contributed by atoms with Crippen LogP contribution in [0.15, 0.2) is 46.1 Å². The van der Waals surface area contributed by atoms with E-state index in [1.54, 1.807) is 19.1 Å². The van der Waals surface area contributed by atoms with Crippen molar-refractivity contribution in [3.05, 3.63) is 63.8 Å². The zero-order valence-corrected chi connectivity index (χ0v) is 13.7. The van der Waals surface area contributed by atoms with Gasteiger partial charge in [0.25, 0.3) is 0 Å². The van der Waals surface area contributed by atoms with E-state index >= 15 is 0 Å². The maximum absolute atomic E-state index is 13.2. The van der Waals surface area contributed by atoms with Crippen LogP contribution in [-0.4, -0.2) is 24.9 Å². The van der Waals surface area contributed by atoms with Gasteiger partial charge in [0.15, 0.2) is 0 Å². The van der Waals surface area contributed by atoms with E-state index in [1.165, 1.54) is 24.3 Å². The lowest BCUT2D eigenvalue weighted by molar-refractivity contribution is 0.581. The number of hydrogen-bond donors (Lipinski definition) is 3. The first-order valence-corrected chi connectivity index (χ1v) is 8.80. The topological polar surface area (TPSA) is 94.8 Å². The van der Waals surface area contributed by atoms with Crippen LogP contribution in [0.2, 0.25) is 0 Å². The Morgan fingerprint density at radius 2 is 1.83 bits per heavy atom. The van der Waals surface area contributed by atoms with Crippen molar-refractivity contribution >= 4 is 21.1 Å². The fourth-order valence-corrected chi connectivity index (χ4v) is 3.51. The van der Waals surface area contributed by atoms with Crippen LogP contribution in [0.1, 0.15) is 11.1 Å². The molecule has 0 saturated heterocycles. The van der Waals surface area contributed by atoms with E-state index in [1.807, 2.05) is 0 Å². The molecule has 0 bridgehead atoms. The summed E-state index contributed by atoms with van der Waals surface area (Å²) in [6.45, 7) is 1.85. The molecular weight excluding hydrogens is 333 g/mol. The van der Waals surface area contributed by atoms with Gasteiger partial charge in [0.1, 0.15) is 5.82 Å². The molecule has 0 unspecified atom stereocenters. The largest absolute Gasteiger partial charge is 0.323 e. The van der Waals surface area contributed by atoms with Crippen LogP contribution < -0.4 is 10.4 Å². The van der Waals surface area contributed by atoms with Crippen molar-refractivity contribution in [3.8, 4) is 0 Å². The quantitative estimate of drug-likeness (QED) is 0.656. The second kappa shape index (κ2) is 6.21. The Morgan fingerprint density at radius 1 is 1.08 bits per heavy atom. The number of H-pyrrole nitrogens is 2. The van der Waals surface area contributed by atoms with Gasteiger partial charge in [-0.05, 0) is 48.7 Å². The molecule has 6 nitrogen and oxygen atoms in total. The molecule has 0 spiro atoms. The Hall–Kier alpha value is -2.45. The highest BCUT2D eigenvalue weighted by molar-refractivity contribution is 7.89. The molecule has 3 aromatic rings. The average Bonchev–Trinajstić information content (AvgIpc) is 2.89. The molecular formula is C16H16FN3O3S. The van der Waals surface area contributed by atoms with E-state index in [9.17, 15) is 17.6 Å². The summed E-state index contributed by atoms with van der Waals surface area (Å²) in [5.74, 6) is -0.284. The molecule has 126 valence electrons. The number of aromatic nitrogens is 2. The zero-order chi connectivity index (χ0) is 17.3. The average molecular weight is 349 g/mol. The van der Waals surface area contributed by atoms with Gasteiger partial charge in [-0.1, -0.05) is 12.1 Å². The van der Waals surface area contributed by atoms with Crippen LogP contribution in [0, 0.1) is 12.7 Å². The maximum atomic E-state index is 13.2. The highest BCUT2D eigenvalue weighted by Gasteiger charge is 2.14. The Morgan fingerprint density at radius 3 is 2.58 bits per heavy atom. The molecule has 0 fully saturated rings. The fourth-order valence-electron chi connectivity index (χ4n) is 2.45. The van der Waals surface area contributed by atoms with Gasteiger partial charge in [0, 0.05) is 6.54 Å². The van der Waals surface area contributed by atoms with Crippen molar-refractivity contribution < 1.29 is 12.8 Å². The Kier molecular flexibility index (Phi) is 4.25. The lowest BCUT2D eigenvalue weighted by Crippen LogP contribution is -2.26. The summed E-state index contributed by atoms with van der Waals surface area (Å²) in [6, 6.07) is 9.06. The predicted octanol–water partition coefficient (Wildman–Crippen LogP) is 1.82. The van der Waals surface area contributed by atoms with Gasteiger partial charge >= 0.3 is 5.69 Å². The van der Waals surface area contributed by atoms with Crippen molar-refractivity contribution in [2.45, 2.75) is 18.2 Å². The number of aromatic amines is 2. The summed E-state index contributed by atoms with van der Waals surface area (Å²) in [5, 5.41) is 0. The second-order valence-electron chi connectivity index (χ2n) is 5.52. The SMILES string of the molecule is Cc1cc(CCNS(=O)(=O)c2ccc3[nH]c(=O)[nH]c3c2)ccc1F. The van der Waals surface area contributed by atoms with E-state index in [2.05, 4.69) is 14.7 Å². The summed E-state index contributed by atoms with van der Waals surface area (Å²) >= 11 is 0. The molecule has 3 rings (SSSR count). The van der Waals surface area contributed by atoms with Crippen LogP contribution in [0.4, 0.5) is 4.39 Å². The minimum Gasteiger partial charge on any atom is -0.306 e. The molecule has 2 aromatic carbocycles. The Bertz CT molecular complexity index is 1050.